The lowest BCUT2D eigenvalue weighted by Gasteiger charge is -2.13. The highest BCUT2D eigenvalue weighted by Gasteiger charge is 2.39. The number of rotatable bonds is 4. The van der Waals surface area contributed by atoms with Gasteiger partial charge in [-0.1, -0.05) is 27.2 Å². The van der Waals surface area contributed by atoms with Gasteiger partial charge in [-0.2, -0.15) is 0 Å². The predicted molar refractivity (Wildman–Crippen MR) is 49.3 cm³/mol. The van der Waals surface area contributed by atoms with Crippen LogP contribution < -0.4 is 5.73 Å². The maximum atomic E-state index is 6.05. The van der Waals surface area contributed by atoms with Gasteiger partial charge in [0.05, 0.1) is 0 Å². The molecule has 1 saturated carbocycles. The third kappa shape index (κ3) is 2.48. The number of nitrogens with two attached hydrogens (primary N) is 1. The van der Waals surface area contributed by atoms with Crippen LogP contribution >= 0.6 is 0 Å². The molecule has 11 heavy (non-hydrogen) atoms. The largest absolute Gasteiger partial charge is 0.327 e. The molecule has 0 saturated heterocycles. The zero-order chi connectivity index (χ0) is 8.43. The summed E-state index contributed by atoms with van der Waals surface area (Å²) >= 11 is 0. The fourth-order valence-electron chi connectivity index (χ4n) is 1.98. The summed E-state index contributed by atoms with van der Waals surface area (Å²) in [6.07, 6.45) is 3.93. The zero-order valence-electron chi connectivity index (χ0n) is 8.01. The van der Waals surface area contributed by atoms with Crippen LogP contribution in [0, 0.1) is 17.8 Å². The third-order valence-corrected chi connectivity index (χ3v) is 2.80. The highest BCUT2D eigenvalue weighted by Crippen LogP contribution is 2.44. The van der Waals surface area contributed by atoms with Gasteiger partial charge in [-0.3, -0.25) is 0 Å². The van der Waals surface area contributed by atoms with Gasteiger partial charge in [0.1, 0.15) is 0 Å². The second-order valence-electron chi connectivity index (χ2n) is 4.36. The van der Waals surface area contributed by atoms with E-state index in [2.05, 4.69) is 20.8 Å². The molecule has 3 atom stereocenters. The second-order valence-corrected chi connectivity index (χ2v) is 4.36. The summed E-state index contributed by atoms with van der Waals surface area (Å²) in [4.78, 5) is 0. The van der Waals surface area contributed by atoms with Crippen LogP contribution in [0.5, 0.6) is 0 Å². The summed E-state index contributed by atoms with van der Waals surface area (Å²) < 4.78 is 0. The highest BCUT2D eigenvalue weighted by molar-refractivity contribution is 4.92. The minimum Gasteiger partial charge on any atom is -0.327 e. The maximum Gasteiger partial charge on any atom is 0.00723 e. The fraction of sp³-hybridized carbons (Fsp3) is 1.00. The molecule has 0 aliphatic heterocycles. The number of hydrogen-bond donors (Lipinski definition) is 1. The van der Waals surface area contributed by atoms with E-state index in [1.807, 2.05) is 0 Å². The monoisotopic (exact) mass is 155 g/mol. The molecule has 1 fully saturated rings. The normalized spacial score (nSPS) is 32.5. The van der Waals surface area contributed by atoms with Crippen molar-refractivity contribution in [1.82, 2.24) is 0 Å². The second kappa shape index (κ2) is 3.57. The lowest BCUT2D eigenvalue weighted by molar-refractivity contribution is 0.439. The van der Waals surface area contributed by atoms with E-state index in [4.69, 9.17) is 5.73 Å². The summed E-state index contributed by atoms with van der Waals surface area (Å²) in [6.45, 7) is 6.78. The molecule has 1 nitrogen and oxygen atoms in total. The van der Waals surface area contributed by atoms with Gasteiger partial charge < -0.3 is 5.73 Å². The summed E-state index contributed by atoms with van der Waals surface area (Å²) in [5.41, 5.74) is 6.05. The van der Waals surface area contributed by atoms with E-state index in [1.54, 1.807) is 0 Å². The van der Waals surface area contributed by atoms with Crippen molar-refractivity contribution in [3.05, 3.63) is 0 Å². The van der Waals surface area contributed by atoms with Crippen LogP contribution in [0.3, 0.4) is 0 Å². The van der Waals surface area contributed by atoms with E-state index in [-0.39, 0.29) is 0 Å². The van der Waals surface area contributed by atoms with Crippen molar-refractivity contribution in [2.75, 3.05) is 0 Å². The molecule has 1 aliphatic carbocycles. The number of hydrogen-bond acceptors (Lipinski definition) is 1. The molecule has 66 valence electrons. The van der Waals surface area contributed by atoms with E-state index in [0.29, 0.717) is 6.04 Å². The predicted octanol–water partition coefficient (Wildman–Crippen LogP) is 2.41. The zero-order valence-corrected chi connectivity index (χ0v) is 8.01. The lowest BCUT2D eigenvalue weighted by Crippen LogP contribution is -2.25. The van der Waals surface area contributed by atoms with E-state index in [0.717, 1.165) is 17.8 Å². The SMILES string of the molecule is CC[C@@H]1C[C@H]1C(N)CC(C)C. The van der Waals surface area contributed by atoms with Crippen molar-refractivity contribution in [2.45, 2.75) is 46.1 Å². The molecule has 2 N–H and O–H groups in total. The molecule has 1 heteroatoms. The lowest BCUT2D eigenvalue weighted by atomic mass is 9.99. The minimum absolute atomic E-state index is 0.486. The molecule has 0 radical (unpaired) electrons. The average molecular weight is 155 g/mol. The van der Waals surface area contributed by atoms with E-state index in [1.165, 1.54) is 19.3 Å². The molecule has 0 bridgehead atoms. The van der Waals surface area contributed by atoms with Crippen molar-refractivity contribution >= 4 is 0 Å². The smallest absolute Gasteiger partial charge is 0.00723 e. The van der Waals surface area contributed by atoms with Gasteiger partial charge in [0, 0.05) is 6.04 Å². The first-order valence-corrected chi connectivity index (χ1v) is 4.90. The Morgan fingerprint density at radius 2 is 2.09 bits per heavy atom. The fourth-order valence-corrected chi connectivity index (χ4v) is 1.98. The van der Waals surface area contributed by atoms with Gasteiger partial charge in [-0.25, -0.2) is 0 Å². The maximum absolute atomic E-state index is 6.05. The topological polar surface area (TPSA) is 26.0 Å². The quantitative estimate of drug-likeness (QED) is 0.663. The Kier molecular flexibility index (Phi) is 2.94. The summed E-state index contributed by atoms with van der Waals surface area (Å²) in [6, 6.07) is 0.486. The van der Waals surface area contributed by atoms with Gasteiger partial charge in [0.25, 0.3) is 0 Å². The molecule has 0 aromatic heterocycles. The molecule has 0 heterocycles. The van der Waals surface area contributed by atoms with E-state index in [9.17, 15) is 0 Å². The van der Waals surface area contributed by atoms with Gasteiger partial charge >= 0.3 is 0 Å². The van der Waals surface area contributed by atoms with Crippen molar-refractivity contribution in [3.8, 4) is 0 Å². The Labute approximate surface area is 70.4 Å². The Morgan fingerprint density at radius 3 is 2.45 bits per heavy atom. The van der Waals surface area contributed by atoms with Gasteiger partial charge in [-0.15, -0.1) is 0 Å². The Balaban J connectivity index is 2.17. The minimum atomic E-state index is 0.486. The van der Waals surface area contributed by atoms with Gasteiger partial charge in [0.2, 0.25) is 0 Å². The van der Waals surface area contributed by atoms with E-state index < -0.39 is 0 Å². The molecule has 1 rings (SSSR count). The van der Waals surface area contributed by atoms with Gasteiger partial charge in [-0.05, 0) is 30.6 Å². The van der Waals surface area contributed by atoms with Gasteiger partial charge in [0.15, 0.2) is 0 Å². The standard InChI is InChI=1S/C10H21N/c1-4-8-6-9(8)10(11)5-7(2)3/h7-10H,4-6,11H2,1-3H3/t8-,9-,10?/m1/s1. The average Bonchev–Trinajstić information content (AvgIpc) is 2.63. The Bertz CT molecular complexity index is 120. The van der Waals surface area contributed by atoms with Crippen LogP contribution in [0.1, 0.15) is 40.0 Å². The molecule has 0 aromatic rings. The summed E-state index contributed by atoms with van der Waals surface area (Å²) in [5.74, 6) is 2.59. The van der Waals surface area contributed by atoms with Crippen LogP contribution in [0.25, 0.3) is 0 Å². The van der Waals surface area contributed by atoms with Crippen molar-refractivity contribution in [2.24, 2.45) is 23.5 Å². The molecule has 0 spiro atoms. The Morgan fingerprint density at radius 1 is 1.45 bits per heavy atom. The first-order chi connectivity index (χ1) is 5.15. The third-order valence-electron chi connectivity index (χ3n) is 2.80. The molecule has 1 unspecified atom stereocenters. The van der Waals surface area contributed by atoms with Crippen molar-refractivity contribution in [1.29, 1.82) is 0 Å². The Hall–Kier alpha value is -0.0400. The van der Waals surface area contributed by atoms with Crippen LogP contribution in [-0.4, -0.2) is 6.04 Å². The molecular formula is C10H21N. The van der Waals surface area contributed by atoms with Crippen LogP contribution in [-0.2, 0) is 0 Å². The molecular weight excluding hydrogens is 134 g/mol. The first-order valence-electron chi connectivity index (χ1n) is 4.90. The van der Waals surface area contributed by atoms with Crippen LogP contribution in [0.4, 0.5) is 0 Å². The van der Waals surface area contributed by atoms with Crippen LogP contribution in [0.15, 0.2) is 0 Å². The van der Waals surface area contributed by atoms with Crippen LogP contribution in [0.2, 0.25) is 0 Å². The summed E-state index contributed by atoms with van der Waals surface area (Å²) in [5, 5.41) is 0. The highest BCUT2D eigenvalue weighted by atomic mass is 14.7. The van der Waals surface area contributed by atoms with Crippen molar-refractivity contribution < 1.29 is 0 Å². The molecule has 0 amide bonds. The first kappa shape index (κ1) is 9.05. The summed E-state index contributed by atoms with van der Waals surface area (Å²) in [7, 11) is 0. The van der Waals surface area contributed by atoms with Crippen molar-refractivity contribution in [3.63, 3.8) is 0 Å². The molecule has 0 aromatic carbocycles. The molecule has 1 aliphatic rings. The van der Waals surface area contributed by atoms with E-state index >= 15 is 0 Å².